The number of nitrogens with zero attached hydrogens (tertiary/aromatic N) is 2. The monoisotopic (exact) mass is 722 g/mol. The lowest BCUT2D eigenvalue weighted by Crippen LogP contribution is -2.50. The summed E-state index contributed by atoms with van der Waals surface area (Å²) in [6.45, 7) is 0.860. The smallest absolute Gasteiger partial charge is 0.475 e. The molecule has 2 heterocycles. The number of aromatic amines is 1. The minimum absolute atomic E-state index is 0.0645. The number of non-ortho nitro benzene ring substituents is 1. The van der Waals surface area contributed by atoms with Gasteiger partial charge in [0.05, 0.1) is 11.3 Å². The molecule has 0 radical (unpaired) electrons. The van der Waals surface area contributed by atoms with Crippen molar-refractivity contribution in [2.75, 3.05) is 6.54 Å². The number of hydrogen-bond acceptors (Lipinski definition) is 8. The van der Waals surface area contributed by atoms with Crippen molar-refractivity contribution in [3.05, 3.63) is 134 Å². The van der Waals surface area contributed by atoms with E-state index in [2.05, 4.69) is 10.3 Å². The van der Waals surface area contributed by atoms with Crippen LogP contribution >= 0.6 is 0 Å². The van der Waals surface area contributed by atoms with Crippen molar-refractivity contribution < 1.29 is 47.1 Å². The summed E-state index contributed by atoms with van der Waals surface area (Å²) < 4.78 is 37.1. The first-order valence-corrected chi connectivity index (χ1v) is 15.6. The number of nitro groups is 1. The molecule has 0 saturated carbocycles. The maximum absolute atomic E-state index is 13.9. The lowest BCUT2D eigenvalue weighted by Gasteiger charge is -2.31. The number of benzene rings is 3. The summed E-state index contributed by atoms with van der Waals surface area (Å²) >= 11 is 0. The molecule has 0 aliphatic carbocycles. The Morgan fingerprint density at radius 3 is 2.19 bits per heavy atom. The molecule has 17 heteroatoms. The molecule has 0 bridgehead atoms. The van der Waals surface area contributed by atoms with Gasteiger partial charge in [0.1, 0.15) is 18.5 Å². The maximum atomic E-state index is 13.9. The zero-order valence-corrected chi connectivity index (χ0v) is 27.3. The molecule has 2 amide bonds. The van der Waals surface area contributed by atoms with Crippen molar-refractivity contribution in [3.63, 3.8) is 0 Å². The van der Waals surface area contributed by atoms with E-state index in [0.29, 0.717) is 29.8 Å². The van der Waals surface area contributed by atoms with Crippen molar-refractivity contribution >= 4 is 35.3 Å². The molecule has 14 nitrogen and oxygen atoms in total. The van der Waals surface area contributed by atoms with Crippen LogP contribution in [0.2, 0.25) is 0 Å². The van der Waals surface area contributed by atoms with Crippen molar-refractivity contribution in [1.29, 1.82) is 5.41 Å². The molecule has 4 aromatic rings. The van der Waals surface area contributed by atoms with Crippen LogP contribution in [0.25, 0.3) is 0 Å². The number of amidine groups is 1. The number of carbonyl (C=O) groups is 4. The van der Waals surface area contributed by atoms with Crippen LogP contribution in [0.5, 0.6) is 0 Å². The van der Waals surface area contributed by atoms with E-state index in [-0.39, 0.29) is 55.0 Å². The van der Waals surface area contributed by atoms with Gasteiger partial charge in [-0.25, -0.2) is 4.79 Å². The van der Waals surface area contributed by atoms with E-state index in [1.165, 1.54) is 24.3 Å². The standard InChI is InChI=1S/C33H32N6O6.C2HF3O2/c34-31(35)23-8-10-24(11-9-23)32(41)37-29(16-21-6-12-27(13-7-21)39(43)44)33(42)38-15-14-28-25(19-38)17-26(36-28)18-30(40)45-20-22-4-2-1-3-5-22;3-2(4,5)1(6)7/h1-13,17,29,36H,14-16,18-20H2,(H3,34,35)(H,37,41);(H,6,7)/t29-;/m0./s1. The quantitative estimate of drug-likeness (QED) is 0.0495. The van der Waals surface area contributed by atoms with Gasteiger partial charge in [0.25, 0.3) is 11.6 Å². The first kappa shape index (κ1) is 38.3. The molecular weight excluding hydrogens is 689 g/mol. The minimum atomic E-state index is -5.08. The number of aromatic nitrogens is 1. The van der Waals surface area contributed by atoms with Crippen molar-refractivity contribution in [2.24, 2.45) is 5.73 Å². The lowest BCUT2D eigenvalue weighted by molar-refractivity contribution is -0.384. The normalized spacial score (nSPS) is 12.7. The van der Waals surface area contributed by atoms with Crippen LogP contribution < -0.4 is 11.1 Å². The summed E-state index contributed by atoms with van der Waals surface area (Å²) in [6.07, 6.45) is -4.37. The van der Waals surface area contributed by atoms with Crippen LogP contribution in [0.1, 0.15) is 44.0 Å². The second kappa shape index (κ2) is 16.9. The molecule has 5 rings (SSSR count). The van der Waals surface area contributed by atoms with Crippen LogP contribution in [0.3, 0.4) is 0 Å². The number of nitrogens with two attached hydrogens (primary N) is 1. The Kier molecular flexibility index (Phi) is 12.5. The number of carboxylic acids is 1. The summed E-state index contributed by atoms with van der Waals surface area (Å²) in [6, 6.07) is 22.3. The number of hydrogen-bond donors (Lipinski definition) is 5. The fraction of sp³-hybridized carbons (Fsp3) is 0.229. The molecule has 0 saturated heterocycles. The van der Waals surface area contributed by atoms with E-state index < -0.39 is 29.0 Å². The van der Waals surface area contributed by atoms with E-state index >= 15 is 0 Å². The van der Waals surface area contributed by atoms with E-state index in [0.717, 1.165) is 16.8 Å². The number of rotatable bonds is 11. The van der Waals surface area contributed by atoms with Gasteiger partial charge in [0.2, 0.25) is 5.91 Å². The second-order valence-electron chi connectivity index (χ2n) is 11.6. The predicted molar refractivity (Wildman–Crippen MR) is 179 cm³/mol. The number of ether oxygens (including phenoxy) is 1. The SMILES string of the molecule is N=C(N)c1ccc(C(=O)N[C@@H](Cc2ccc([N+](=O)[O-])cc2)C(=O)N2CCc3[nH]c(CC(=O)OCc4ccccc4)cc3C2)cc1.O=C(O)C(F)(F)F. The molecule has 6 N–H and O–H groups in total. The molecule has 0 spiro atoms. The number of nitro benzene ring substituents is 1. The Labute approximate surface area is 294 Å². The molecule has 1 aliphatic heterocycles. The second-order valence-corrected chi connectivity index (χ2v) is 11.6. The van der Waals surface area contributed by atoms with Gasteiger partial charge in [0, 0.05) is 60.6 Å². The number of carbonyl (C=O) groups excluding carboxylic acids is 3. The molecule has 272 valence electrons. The van der Waals surface area contributed by atoms with Gasteiger partial charge >= 0.3 is 18.1 Å². The summed E-state index contributed by atoms with van der Waals surface area (Å²) in [4.78, 5) is 64.0. The molecule has 1 aromatic heterocycles. The van der Waals surface area contributed by atoms with Gasteiger partial charge < -0.3 is 30.8 Å². The van der Waals surface area contributed by atoms with E-state index in [4.69, 9.17) is 25.8 Å². The topological polar surface area (TPSA) is 222 Å². The average molecular weight is 723 g/mol. The minimum Gasteiger partial charge on any atom is -0.475 e. The number of halogens is 3. The Morgan fingerprint density at radius 2 is 1.62 bits per heavy atom. The van der Waals surface area contributed by atoms with Crippen molar-refractivity contribution in [1.82, 2.24) is 15.2 Å². The number of nitrogens with one attached hydrogen (secondary N) is 3. The molecule has 3 aromatic carbocycles. The van der Waals surface area contributed by atoms with Crippen LogP contribution in [0, 0.1) is 15.5 Å². The van der Waals surface area contributed by atoms with Crippen molar-refractivity contribution in [2.45, 2.75) is 44.6 Å². The molecule has 52 heavy (non-hydrogen) atoms. The lowest BCUT2D eigenvalue weighted by atomic mass is 10.0. The molecule has 0 fully saturated rings. The molecule has 1 aliphatic rings. The van der Waals surface area contributed by atoms with Gasteiger partial charge in [-0.3, -0.25) is 29.9 Å². The zero-order valence-electron chi connectivity index (χ0n) is 27.3. The van der Waals surface area contributed by atoms with E-state index in [1.807, 2.05) is 36.4 Å². The zero-order chi connectivity index (χ0) is 38.0. The average Bonchev–Trinajstić information content (AvgIpc) is 3.52. The first-order chi connectivity index (χ1) is 24.6. The summed E-state index contributed by atoms with van der Waals surface area (Å²) in [5.74, 6) is -4.05. The Morgan fingerprint density at radius 1 is 1.00 bits per heavy atom. The predicted octanol–water partition coefficient (Wildman–Crippen LogP) is 4.05. The summed E-state index contributed by atoms with van der Waals surface area (Å²) in [7, 11) is 0. The number of alkyl halides is 3. The Hall–Kier alpha value is -6.52. The van der Waals surface area contributed by atoms with E-state index in [1.54, 1.807) is 29.2 Å². The summed E-state index contributed by atoms with van der Waals surface area (Å²) in [5, 5.41) is 28.6. The molecule has 0 unspecified atom stereocenters. The third kappa shape index (κ3) is 10.7. The van der Waals surface area contributed by atoms with E-state index in [9.17, 15) is 37.7 Å². The van der Waals surface area contributed by atoms with Gasteiger partial charge in [-0.2, -0.15) is 13.2 Å². The molecular formula is C35H33F3N6O8. The Bertz CT molecular complexity index is 1930. The highest BCUT2D eigenvalue weighted by Gasteiger charge is 2.38. The van der Waals surface area contributed by atoms with Crippen LogP contribution in [-0.2, 0) is 51.5 Å². The number of amides is 2. The number of nitrogen functional groups attached to an aromatic ring is 1. The largest absolute Gasteiger partial charge is 0.490 e. The maximum Gasteiger partial charge on any atom is 0.490 e. The third-order valence-electron chi connectivity index (χ3n) is 7.82. The van der Waals surface area contributed by atoms with Gasteiger partial charge in [-0.1, -0.05) is 54.6 Å². The van der Waals surface area contributed by atoms with Gasteiger partial charge in [-0.05, 0) is 34.9 Å². The van der Waals surface area contributed by atoms with Crippen LogP contribution in [-0.4, -0.2) is 68.3 Å². The van der Waals surface area contributed by atoms with Gasteiger partial charge in [-0.15, -0.1) is 0 Å². The number of aliphatic carboxylic acids is 1. The number of esters is 1. The fourth-order valence-corrected chi connectivity index (χ4v) is 5.18. The number of carboxylic acid groups (broad SMARTS) is 1. The summed E-state index contributed by atoms with van der Waals surface area (Å²) in [5.41, 5.74) is 10.2. The fourth-order valence-electron chi connectivity index (χ4n) is 5.18. The highest BCUT2D eigenvalue weighted by molar-refractivity contribution is 6.00. The van der Waals surface area contributed by atoms with Crippen LogP contribution in [0.4, 0.5) is 18.9 Å². The third-order valence-corrected chi connectivity index (χ3v) is 7.82. The number of fused-ring (bicyclic) bond motifs is 1. The highest BCUT2D eigenvalue weighted by Crippen LogP contribution is 2.23. The van der Waals surface area contributed by atoms with Gasteiger partial charge in [0.15, 0.2) is 0 Å². The molecule has 1 atom stereocenters. The number of H-pyrrole nitrogens is 1. The highest BCUT2D eigenvalue weighted by atomic mass is 19.4. The first-order valence-electron chi connectivity index (χ1n) is 15.6. The van der Waals surface area contributed by atoms with Crippen LogP contribution in [0.15, 0.2) is 84.9 Å². The van der Waals surface area contributed by atoms with Crippen molar-refractivity contribution in [3.8, 4) is 0 Å². The Balaban J connectivity index is 0.000000785.